The van der Waals surface area contributed by atoms with E-state index in [0.29, 0.717) is 6.54 Å². The molecule has 2 aromatic carbocycles. The molecule has 0 bridgehead atoms. The largest absolute Gasteiger partial charge is 0.368 e. The fourth-order valence-electron chi connectivity index (χ4n) is 4.59. The highest BCUT2D eigenvalue weighted by Gasteiger charge is 2.26. The fourth-order valence-corrected chi connectivity index (χ4v) is 4.59. The van der Waals surface area contributed by atoms with E-state index in [9.17, 15) is 4.79 Å². The molecule has 0 aliphatic heterocycles. The van der Waals surface area contributed by atoms with Crippen LogP contribution in [-0.2, 0) is 11.3 Å². The van der Waals surface area contributed by atoms with Gasteiger partial charge in [-0.3, -0.25) is 9.89 Å². The maximum atomic E-state index is 11.8. The van der Waals surface area contributed by atoms with E-state index in [4.69, 9.17) is 5.73 Å². The number of primary amides is 1. The molecule has 0 spiro atoms. The van der Waals surface area contributed by atoms with Crippen LogP contribution in [-0.4, -0.2) is 43.7 Å². The summed E-state index contributed by atoms with van der Waals surface area (Å²) in [5.74, 6) is 0.441. The van der Waals surface area contributed by atoms with Gasteiger partial charge in [-0.15, -0.1) is 5.10 Å². The number of aromatic nitrogens is 5. The molecule has 0 atom stereocenters. The van der Waals surface area contributed by atoms with Crippen molar-refractivity contribution in [2.24, 2.45) is 5.73 Å². The summed E-state index contributed by atoms with van der Waals surface area (Å²) in [6.45, 7) is 0.837. The van der Waals surface area contributed by atoms with Crippen molar-refractivity contribution >= 4 is 22.6 Å². The summed E-state index contributed by atoms with van der Waals surface area (Å²) in [7, 11) is 0. The van der Waals surface area contributed by atoms with Gasteiger partial charge in [0.25, 0.3) is 0 Å². The molecular weight excluding hydrogens is 402 g/mol. The summed E-state index contributed by atoms with van der Waals surface area (Å²) in [4.78, 5) is 13.9. The monoisotopic (exact) mass is 429 g/mol. The van der Waals surface area contributed by atoms with Crippen molar-refractivity contribution in [2.75, 3.05) is 11.4 Å². The molecule has 5 rings (SSSR count). The second-order valence-corrected chi connectivity index (χ2v) is 8.48. The number of H-pyrrole nitrogens is 1. The molecule has 1 amide bonds. The third-order valence-corrected chi connectivity index (χ3v) is 6.18. The van der Waals surface area contributed by atoms with Gasteiger partial charge in [-0.2, -0.15) is 5.10 Å². The van der Waals surface area contributed by atoms with E-state index in [0.717, 1.165) is 53.7 Å². The minimum Gasteiger partial charge on any atom is -0.368 e. The quantitative estimate of drug-likeness (QED) is 0.468. The van der Waals surface area contributed by atoms with Crippen LogP contribution < -0.4 is 10.6 Å². The van der Waals surface area contributed by atoms with Crippen molar-refractivity contribution in [2.45, 2.75) is 44.7 Å². The molecule has 8 nitrogen and oxygen atoms in total. The van der Waals surface area contributed by atoms with E-state index in [-0.39, 0.29) is 18.5 Å². The predicted molar refractivity (Wildman–Crippen MR) is 124 cm³/mol. The highest BCUT2D eigenvalue weighted by molar-refractivity contribution is 5.94. The van der Waals surface area contributed by atoms with Crippen LogP contribution in [0, 0.1) is 0 Å². The number of amides is 1. The van der Waals surface area contributed by atoms with Gasteiger partial charge in [0, 0.05) is 17.0 Å². The van der Waals surface area contributed by atoms with E-state index in [1.54, 1.807) is 0 Å². The number of carbonyl (C=O) groups excluding carboxylic acids is 1. The highest BCUT2D eigenvalue weighted by atomic mass is 16.1. The van der Waals surface area contributed by atoms with Gasteiger partial charge in [0.15, 0.2) is 5.82 Å². The number of carbonyl (C=O) groups is 1. The van der Waals surface area contributed by atoms with E-state index in [2.05, 4.69) is 43.6 Å². The second-order valence-electron chi connectivity index (χ2n) is 8.48. The first-order valence-electron chi connectivity index (χ1n) is 11.1. The highest BCUT2D eigenvalue weighted by Crippen LogP contribution is 2.33. The number of hydrogen-bond donors (Lipinski definition) is 2. The molecule has 0 radical (unpaired) electrons. The number of nitrogens with two attached hydrogens (primary N) is 1. The molecule has 1 fully saturated rings. The maximum absolute atomic E-state index is 11.8. The standard InChI is InChI=1S/C24H27N7O/c25-23(32)16-31(19-9-5-2-6-10-19)24-20-13-18(11-12-21(20)26-28-24)22-15-30(29-27-22)14-17-7-3-1-4-8-17/h1,3-4,7-8,11-13,15,19H,2,5-6,9-10,14,16H2,(H2,25,32)(H,26,28). The van der Waals surface area contributed by atoms with Gasteiger partial charge in [-0.25, -0.2) is 4.68 Å². The Kier molecular flexibility index (Phi) is 5.58. The normalized spacial score (nSPS) is 14.6. The van der Waals surface area contributed by atoms with Crippen molar-refractivity contribution < 1.29 is 4.79 Å². The van der Waals surface area contributed by atoms with Gasteiger partial charge in [-0.05, 0) is 30.5 Å². The van der Waals surface area contributed by atoms with E-state index in [1.165, 1.54) is 12.0 Å². The second kappa shape index (κ2) is 8.82. The predicted octanol–water partition coefficient (Wildman–Crippen LogP) is 3.49. The minimum atomic E-state index is -0.341. The van der Waals surface area contributed by atoms with E-state index in [1.807, 2.05) is 41.2 Å². The minimum absolute atomic E-state index is 0.169. The first-order chi connectivity index (χ1) is 15.7. The summed E-state index contributed by atoms with van der Waals surface area (Å²) >= 11 is 0. The lowest BCUT2D eigenvalue weighted by molar-refractivity contribution is -0.116. The zero-order valence-electron chi connectivity index (χ0n) is 17.9. The molecule has 8 heteroatoms. The average molecular weight is 430 g/mol. The van der Waals surface area contributed by atoms with Gasteiger partial charge in [-0.1, -0.05) is 60.9 Å². The SMILES string of the molecule is NC(=O)CN(c1n[nH]c2ccc(-c3cn(Cc4ccccc4)nn3)cc12)C1CCCCC1. The Morgan fingerprint density at radius 1 is 1.12 bits per heavy atom. The van der Waals surface area contributed by atoms with Gasteiger partial charge < -0.3 is 10.6 Å². The van der Waals surface area contributed by atoms with Gasteiger partial charge >= 0.3 is 0 Å². The van der Waals surface area contributed by atoms with Gasteiger partial charge in [0.05, 0.1) is 24.8 Å². The van der Waals surface area contributed by atoms with Crippen LogP contribution in [0.4, 0.5) is 5.82 Å². The number of nitrogens with one attached hydrogen (secondary N) is 1. The Labute approximate surface area is 186 Å². The van der Waals surface area contributed by atoms with Crippen molar-refractivity contribution in [3.63, 3.8) is 0 Å². The molecular formula is C24H27N7O. The lowest BCUT2D eigenvalue weighted by atomic mass is 9.94. The molecule has 4 aromatic rings. The number of anilines is 1. The molecule has 3 N–H and O–H groups in total. The number of benzene rings is 2. The summed E-state index contributed by atoms with van der Waals surface area (Å²) < 4.78 is 1.84. The fraction of sp³-hybridized carbons (Fsp3) is 0.333. The van der Waals surface area contributed by atoms with E-state index < -0.39 is 0 Å². The Balaban J connectivity index is 1.46. The summed E-state index contributed by atoms with van der Waals surface area (Å²) in [5, 5.41) is 17.3. The zero-order valence-corrected chi connectivity index (χ0v) is 17.9. The van der Waals surface area contributed by atoms with Crippen molar-refractivity contribution in [1.29, 1.82) is 0 Å². The molecule has 2 aromatic heterocycles. The molecule has 32 heavy (non-hydrogen) atoms. The third kappa shape index (κ3) is 4.21. The third-order valence-electron chi connectivity index (χ3n) is 6.18. The molecule has 0 unspecified atom stereocenters. The van der Waals surface area contributed by atoms with Crippen LogP contribution in [0.5, 0.6) is 0 Å². The topological polar surface area (TPSA) is 106 Å². The number of nitrogens with zero attached hydrogens (tertiary/aromatic N) is 5. The Bertz CT molecular complexity index is 1210. The summed E-state index contributed by atoms with van der Waals surface area (Å²) in [5.41, 5.74) is 9.45. The Morgan fingerprint density at radius 3 is 2.72 bits per heavy atom. The number of fused-ring (bicyclic) bond motifs is 1. The van der Waals surface area contributed by atoms with Crippen molar-refractivity contribution in [3.05, 3.63) is 60.3 Å². The first-order valence-corrected chi connectivity index (χ1v) is 11.1. The molecule has 0 saturated heterocycles. The van der Waals surface area contributed by atoms with Crippen LogP contribution in [0.25, 0.3) is 22.2 Å². The molecule has 164 valence electrons. The summed E-state index contributed by atoms with van der Waals surface area (Å²) in [6, 6.07) is 16.6. The van der Waals surface area contributed by atoms with Crippen LogP contribution in [0.15, 0.2) is 54.7 Å². The average Bonchev–Trinajstić information content (AvgIpc) is 3.45. The number of rotatable bonds is 7. The molecule has 1 aliphatic carbocycles. The number of hydrogen-bond acceptors (Lipinski definition) is 5. The Morgan fingerprint density at radius 2 is 1.94 bits per heavy atom. The Hall–Kier alpha value is -3.68. The maximum Gasteiger partial charge on any atom is 0.237 e. The number of aromatic amines is 1. The molecule has 2 heterocycles. The molecule has 1 saturated carbocycles. The lowest BCUT2D eigenvalue weighted by Crippen LogP contribution is -2.42. The lowest BCUT2D eigenvalue weighted by Gasteiger charge is -2.33. The van der Waals surface area contributed by atoms with Crippen LogP contribution in [0.1, 0.15) is 37.7 Å². The molecule has 1 aliphatic rings. The van der Waals surface area contributed by atoms with Crippen LogP contribution >= 0.6 is 0 Å². The smallest absolute Gasteiger partial charge is 0.237 e. The van der Waals surface area contributed by atoms with Crippen molar-refractivity contribution in [1.82, 2.24) is 25.2 Å². The first kappa shape index (κ1) is 20.2. The van der Waals surface area contributed by atoms with Crippen molar-refractivity contribution in [3.8, 4) is 11.3 Å². The van der Waals surface area contributed by atoms with Crippen LogP contribution in [0.2, 0.25) is 0 Å². The summed E-state index contributed by atoms with van der Waals surface area (Å²) in [6.07, 6.45) is 7.63. The van der Waals surface area contributed by atoms with Gasteiger partial charge in [0.2, 0.25) is 5.91 Å². The van der Waals surface area contributed by atoms with E-state index >= 15 is 0 Å². The van der Waals surface area contributed by atoms with Gasteiger partial charge in [0.1, 0.15) is 5.69 Å². The zero-order chi connectivity index (χ0) is 21.9. The van der Waals surface area contributed by atoms with Crippen LogP contribution in [0.3, 0.4) is 0 Å².